The van der Waals surface area contributed by atoms with Crippen molar-refractivity contribution in [3.8, 4) is 0 Å². The monoisotopic (exact) mass is 125 g/mol. The second-order valence-electron chi connectivity index (χ2n) is 2.72. The van der Waals surface area contributed by atoms with Crippen LogP contribution < -0.4 is 5.32 Å². The average molecular weight is 125 g/mol. The first kappa shape index (κ1) is 6.81. The Morgan fingerprint density at radius 1 is 1.78 bits per heavy atom. The first-order chi connectivity index (χ1) is 4.38. The molecule has 0 bridgehead atoms. The molecule has 1 saturated heterocycles. The minimum Gasteiger partial charge on any atom is -0.310 e. The van der Waals surface area contributed by atoms with Crippen LogP contribution in [0.25, 0.3) is 0 Å². The van der Waals surface area contributed by atoms with Gasteiger partial charge in [0.2, 0.25) is 0 Å². The van der Waals surface area contributed by atoms with Crippen LogP contribution in [0.1, 0.15) is 19.8 Å². The minimum absolute atomic E-state index is 0.616. The van der Waals surface area contributed by atoms with Crippen LogP contribution in [0, 0.1) is 5.92 Å². The van der Waals surface area contributed by atoms with Gasteiger partial charge >= 0.3 is 0 Å². The van der Waals surface area contributed by atoms with Gasteiger partial charge in [0, 0.05) is 12.6 Å². The van der Waals surface area contributed by atoms with Crippen LogP contribution in [0.4, 0.5) is 0 Å². The van der Waals surface area contributed by atoms with Crippen molar-refractivity contribution in [2.75, 3.05) is 6.54 Å². The van der Waals surface area contributed by atoms with Crippen LogP contribution in [0.5, 0.6) is 0 Å². The van der Waals surface area contributed by atoms with Crippen molar-refractivity contribution < 1.29 is 0 Å². The van der Waals surface area contributed by atoms with Crippen molar-refractivity contribution in [1.29, 1.82) is 0 Å². The van der Waals surface area contributed by atoms with E-state index in [0.717, 1.165) is 5.92 Å². The Morgan fingerprint density at radius 3 is 2.89 bits per heavy atom. The van der Waals surface area contributed by atoms with E-state index in [1.54, 1.807) is 0 Å². The van der Waals surface area contributed by atoms with E-state index in [0.29, 0.717) is 6.04 Å². The summed E-state index contributed by atoms with van der Waals surface area (Å²) in [7, 11) is 0. The molecule has 0 spiro atoms. The topological polar surface area (TPSA) is 12.0 Å². The van der Waals surface area contributed by atoms with Crippen LogP contribution in [-0.2, 0) is 0 Å². The molecule has 1 rings (SSSR count). The van der Waals surface area contributed by atoms with Gasteiger partial charge < -0.3 is 5.32 Å². The van der Waals surface area contributed by atoms with Crippen LogP contribution in [-0.4, -0.2) is 12.6 Å². The lowest BCUT2D eigenvalue weighted by molar-refractivity contribution is 0.260. The predicted octanol–water partition coefficient (Wildman–Crippen LogP) is 1.56. The minimum atomic E-state index is 0.616. The molecule has 1 heterocycles. The van der Waals surface area contributed by atoms with Gasteiger partial charge in [0.15, 0.2) is 0 Å². The van der Waals surface area contributed by atoms with Crippen molar-refractivity contribution in [2.45, 2.75) is 25.8 Å². The van der Waals surface area contributed by atoms with Crippen LogP contribution in [0.3, 0.4) is 0 Å². The van der Waals surface area contributed by atoms with Crippen molar-refractivity contribution in [2.24, 2.45) is 5.92 Å². The summed E-state index contributed by atoms with van der Waals surface area (Å²) < 4.78 is 0. The van der Waals surface area contributed by atoms with Gasteiger partial charge in [0.05, 0.1) is 0 Å². The highest BCUT2D eigenvalue weighted by molar-refractivity contribution is 4.98. The molecule has 0 aliphatic carbocycles. The predicted molar refractivity (Wildman–Crippen MR) is 40.4 cm³/mol. The van der Waals surface area contributed by atoms with E-state index in [4.69, 9.17) is 0 Å². The smallest absolute Gasteiger partial charge is 0.0287 e. The van der Waals surface area contributed by atoms with Gasteiger partial charge in [0.25, 0.3) is 0 Å². The Morgan fingerprint density at radius 2 is 2.56 bits per heavy atom. The lowest BCUT2D eigenvalue weighted by Gasteiger charge is -2.35. The van der Waals surface area contributed by atoms with Crippen molar-refractivity contribution in [3.63, 3.8) is 0 Å². The van der Waals surface area contributed by atoms with Crippen LogP contribution in [0.15, 0.2) is 12.7 Å². The Hall–Kier alpha value is -0.300. The third-order valence-corrected chi connectivity index (χ3v) is 2.04. The summed E-state index contributed by atoms with van der Waals surface area (Å²) in [5.74, 6) is 0.882. The molecular formula is C8H15N. The Kier molecular flexibility index (Phi) is 2.29. The quantitative estimate of drug-likeness (QED) is 0.564. The molecule has 0 radical (unpaired) electrons. The summed E-state index contributed by atoms with van der Waals surface area (Å²) in [6.45, 7) is 7.19. The molecule has 1 nitrogen and oxygen atoms in total. The Bertz CT molecular complexity index is 98.7. The van der Waals surface area contributed by atoms with E-state index in [2.05, 4.69) is 18.8 Å². The van der Waals surface area contributed by atoms with Crippen LogP contribution in [0.2, 0.25) is 0 Å². The summed E-state index contributed by atoms with van der Waals surface area (Å²) in [6, 6.07) is 0.616. The first-order valence-corrected chi connectivity index (χ1v) is 3.74. The zero-order chi connectivity index (χ0) is 6.69. The van der Waals surface area contributed by atoms with Gasteiger partial charge in [-0.05, 0) is 12.3 Å². The number of hydrogen-bond acceptors (Lipinski definition) is 1. The molecule has 1 unspecified atom stereocenters. The molecule has 0 saturated carbocycles. The lowest BCUT2D eigenvalue weighted by atomic mass is 9.88. The molecule has 1 heteroatoms. The molecule has 1 fully saturated rings. The summed E-state index contributed by atoms with van der Waals surface area (Å²) in [5, 5.41) is 3.31. The number of rotatable bonds is 3. The third kappa shape index (κ3) is 1.33. The zero-order valence-electron chi connectivity index (χ0n) is 6.06. The van der Waals surface area contributed by atoms with E-state index < -0.39 is 0 Å². The van der Waals surface area contributed by atoms with Crippen LogP contribution >= 0.6 is 0 Å². The molecule has 9 heavy (non-hydrogen) atoms. The number of nitrogens with one attached hydrogen (secondary N) is 1. The summed E-state index contributed by atoms with van der Waals surface area (Å²) in [4.78, 5) is 0. The summed E-state index contributed by atoms with van der Waals surface area (Å²) in [5.41, 5.74) is 0. The second kappa shape index (κ2) is 3.02. The van der Waals surface area contributed by atoms with Gasteiger partial charge in [0.1, 0.15) is 0 Å². The molecule has 1 aliphatic rings. The van der Waals surface area contributed by atoms with E-state index in [1.165, 1.54) is 19.4 Å². The highest BCUT2D eigenvalue weighted by Gasteiger charge is 2.25. The molecule has 2 atom stereocenters. The third-order valence-electron chi connectivity index (χ3n) is 2.04. The lowest BCUT2D eigenvalue weighted by Crippen LogP contribution is -2.51. The van der Waals surface area contributed by atoms with Crippen molar-refractivity contribution in [3.05, 3.63) is 12.7 Å². The normalized spacial score (nSPS) is 33.4. The SMILES string of the molecule is C=C[C@@H]1NCC1CCC. The molecule has 0 aromatic rings. The second-order valence-corrected chi connectivity index (χ2v) is 2.72. The fraction of sp³-hybridized carbons (Fsp3) is 0.750. The van der Waals surface area contributed by atoms with Gasteiger partial charge in [-0.3, -0.25) is 0 Å². The molecule has 0 aromatic carbocycles. The maximum Gasteiger partial charge on any atom is 0.0287 e. The maximum absolute atomic E-state index is 3.75. The largest absolute Gasteiger partial charge is 0.310 e. The highest BCUT2D eigenvalue weighted by Crippen LogP contribution is 2.18. The standard InChI is InChI=1S/C8H15N/c1-3-5-7-6-9-8(7)4-2/h4,7-9H,2-3,5-6H2,1H3/t7?,8-/m0/s1. The van der Waals surface area contributed by atoms with Gasteiger partial charge in [-0.15, -0.1) is 6.58 Å². The molecule has 1 N–H and O–H groups in total. The molecule has 0 aromatic heterocycles. The summed E-state index contributed by atoms with van der Waals surface area (Å²) in [6.07, 6.45) is 4.67. The van der Waals surface area contributed by atoms with Crippen molar-refractivity contribution in [1.82, 2.24) is 5.32 Å². The van der Waals surface area contributed by atoms with E-state index >= 15 is 0 Å². The van der Waals surface area contributed by atoms with E-state index in [1.807, 2.05) is 6.08 Å². The van der Waals surface area contributed by atoms with E-state index in [-0.39, 0.29) is 0 Å². The van der Waals surface area contributed by atoms with Gasteiger partial charge in [-0.2, -0.15) is 0 Å². The Labute approximate surface area is 57.1 Å². The van der Waals surface area contributed by atoms with Gasteiger partial charge in [-0.25, -0.2) is 0 Å². The number of hydrogen-bond donors (Lipinski definition) is 1. The summed E-state index contributed by atoms with van der Waals surface area (Å²) >= 11 is 0. The van der Waals surface area contributed by atoms with Crippen molar-refractivity contribution >= 4 is 0 Å². The fourth-order valence-electron chi connectivity index (χ4n) is 1.35. The van der Waals surface area contributed by atoms with Gasteiger partial charge in [-0.1, -0.05) is 19.4 Å². The average Bonchev–Trinajstić information content (AvgIpc) is 1.82. The zero-order valence-corrected chi connectivity index (χ0v) is 6.06. The molecular weight excluding hydrogens is 110 g/mol. The first-order valence-electron chi connectivity index (χ1n) is 3.74. The Balaban J connectivity index is 2.18. The van der Waals surface area contributed by atoms with E-state index in [9.17, 15) is 0 Å². The maximum atomic E-state index is 3.75. The molecule has 0 amide bonds. The fourth-order valence-corrected chi connectivity index (χ4v) is 1.35. The highest BCUT2D eigenvalue weighted by atomic mass is 15.0. The molecule has 52 valence electrons. The molecule has 1 aliphatic heterocycles.